The third-order valence-electron chi connectivity index (χ3n) is 6.58. The first kappa shape index (κ1) is 21.0. The molecule has 1 aromatic heterocycles. The van der Waals surface area contributed by atoms with Gasteiger partial charge in [-0.05, 0) is 46.7 Å². The van der Waals surface area contributed by atoms with Gasteiger partial charge in [0.05, 0.1) is 19.4 Å². The van der Waals surface area contributed by atoms with Gasteiger partial charge >= 0.3 is 0 Å². The fraction of sp³-hybridized carbons (Fsp3) is 0.269. The lowest BCUT2D eigenvalue weighted by molar-refractivity contribution is -0.125. The first-order chi connectivity index (χ1) is 16.1. The van der Waals surface area contributed by atoms with Crippen LogP contribution in [0.25, 0.3) is 0 Å². The number of carbonyl (C=O) groups is 3. The second-order valence-corrected chi connectivity index (χ2v) is 8.52. The van der Waals surface area contributed by atoms with Crippen molar-refractivity contribution in [2.45, 2.75) is 18.3 Å². The van der Waals surface area contributed by atoms with Gasteiger partial charge in [-0.2, -0.15) is 0 Å². The van der Waals surface area contributed by atoms with Gasteiger partial charge in [-0.1, -0.05) is 48.5 Å². The molecule has 3 aromatic rings. The SMILES string of the molecule is O=C(CNC(=O)CNC(=O)c1ccco1)NCC1CC2c3ccccc3C1c1ccccc12. The Kier molecular flexibility index (Phi) is 5.69. The minimum absolute atomic E-state index is 0.130. The zero-order chi connectivity index (χ0) is 22.8. The molecule has 0 saturated heterocycles. The summed E-state index contributed by atoms with van der Waals surface area (Å²) in [5.74, 6) is -0.130. The van der Waals surface area contributed by atoms with Gasteiger partial charge < -0.3 is 20.4 Å². The van der Waals surface area contributed by atoms with E-state index in [0.29, 0.717) is 18.4 Å². The molecule has 3 N–H and O–H groups in total. The van der Waals surface area contributed by atoms with Crippen LogP contribution in [0.5, 0.6) is 0 Å². The summed E-state index contributed by atoms with van der Waals surface area (Å²) in [7, 11) is 0. The fourth-order valence-corrected chi connectivity index (χ4v) is 5.16. The molecule has 7 heteroatoms. The van der Waals surface area contributed by atoms with Gasteiger partial charge in [0, 0.05) is 18.4 Å². The maximum atomic E-state index is 12.4. The Morgan fingerprint density at radius 1 is 0.758 bits per heavy atom. The first-order valence-electron chi connectivity index (χ1n) is 11.1. The largest absolute Gasteiger partial charge is 0.459 e. The van der Waals surface area contributed by atoms with E-state index >= 15 is 0 Å². The number of nitrogens with one attached hydrogen (secondary N) is 3. The van der Waals surface area contributed by atoms with E-state index in [0.717, 1.165) is 6.42 Å². The highest BCUT2D eigenvalue weighted by atomic mass is 16.3. The van der Waals surface area contributed by atoms with Gasteiger partial charge in [0.2, 0.25) is 11.8 Å². The van der Waals surface area contributed by atoms with Crippen molar-refractivity contribution in [1.29, 1.82) is 0 Å². The predicted octanol–water partition coefficient (Wildman–Crippen LogP) is 2.54. The normalized spacial score (nSPS) is 19.8. The minimum atomic E-state index is -0.479. The summed E-state index contributed by atoms with van der Waals surface area (Å²) in [6.45, 7) is 0.184. The van der Waals surface area contributed by atoms with Crippen LogP contribution in [0.1, 0.15) is 51.1 Å². The van der Waals surface area contributed by atoms with Crippen molar-refractivity contribution >= 4 is 17.7 Å². The summed E-state index contributed by atoms with van der Waals surface area (Å²) in [6, 6.07) is 20.3. The van der Waals surface area contributed by atoms with Crippen molar-refractivity contribution in [2.24, 2.45) is 5.92 Å². The maximum absolute atomic E-state index is 12.4. The molecule has 6 rings (SSSR count). The Bertz CT molecular complexity index is 1140. The Morgan fingerprint density at radius 2 is 1.36 bits per heavy atom. The van der Waals surface area contributed by atoms with Crippen LogP contribution in [-0.4, -0.2) is 37.4 Å². The summed E-state index contributed by atoms with van der Waals surface area (Å²) in [4.78, 5) is 36.2. The first-order valence-corrected chi connectivity index (χ1v) is 11.1. The van der Waals surface area contributed by atoms with Crippen LogP contribution >= 0.6 is 0 Å². The highest BCUT2D eigenvalue weighted by Gasteiger charge is 2.42. The van der Waals surface area contributed by atoms with Crippen LogP contribution in [0, 0.1) is 5.92 Å². The molecule has 1 heterocycles. The Hall–Kier alpha value is -3.87. The second-order valence-electron chi connectivity index (χ2n) is 8.52. The summed E-state index contributed by atoms with van der Waals surface area (Å²) in [5.41, 5.74) is 5.50. The van der Waals surface area contributed by atoms with E-state index in [1.165, 1.54) is 34.6 Å². The van der Waals surface area contributed by atoms with E-state index in [2.05, 4.69) is 64.5 Å². The quantitative estimate of drug-likeness (QED) is 0.522. The number of amides is 3. The van der Waals surface area contributed by atoms with Crippen molar-refractivity contribution in [3.05, 3.63) is 94.9 Å². The molecule has 0 aliphatic heterocycles. The van der Waals surface area contributed by atoms with E-state index in [4.69, 9.17) is 4.42 Å². The van der Waals surface area contributed by atoms with Crippen LogP contribution in [0.4, 0.5) is 0 Å². The minimum Gasteiger partial charge on any atom is -0.459 e. The Morgan fingerprint density at radius 3 is 2.00 bits per heavy atom. The zero-order valence-corrected chi connectivity index (χ0v) is 18.0. The van der Waals surface area contributed by atoms with Crippen LogP contribution < -0.4 is 16.0 Å². The van der Waals surface area contributed by atoms with Crippen molar-refractivity contribution in [1.82, 2.24) is 16.0 Å². The number of benzene rings is 2. The zero-order valence-electron chi connectivity index (χ0n) is 18.0. The average Bonchev–Trinajstić information content (AvgIpc) is 3.40. The van der Waals surface area contributed by atoms with Crippen molar-refractivity contribution in [2.75, 3.05) is 19.6 Å². The molecule has 7 nitrogen and oxygen atoms in total. The summed E-state index contributed by atoms with van der Waals surface area (Å²) in [6.07, 6.45) is 2.37. The van der Waals surface area contributed by atoms with E-state index in [1.54, 1.807) is 6.07 Å². The van der Waals surface area contributed by atoms with E-state index in [9.17, 15) is 14.4 Å². The topological polar surface area (TPSA) is 100 Å². The monoisotopic (exact) mass is 443 g/mol. The summed E-state index contributed by atoms with van der Waals surface area (Å²) in [5, 5.41) is 7.98. The molecule has 1 atom stereocenters. The summed E-state index contributed by atoms with van der Waals surface area (Å²) >= 11 is 0. The number of fused-ring (bicyclic) bond motifs is 1. The number of hydrogen-bond acceptors (Lipinski definition) is 4. The van der Waals surface area contributed by atoms with Crippen LogP contribution in [0.2, 0.25) is 0 Å². The maximum Gasteiger partial charge on any atom is 0.287 e. The van der Waals surface area contributed by atoms with Gasteiger partial charge in [-0.3, -0.25) is 14.4 Å². The smallest absolute Gasteiger partial charge is 0.287 e. The van der Waals surface area contributed by atoms with Crippen molar-refractivity contribution in [3.8, 4) is 0 Å². The number of carbonyl (C=O) groups excluding carboxylic acids is 3. The molecule has 3 aliphatic rings. The molecule has 2 bridgehead atoms. The van der Waals surface area contributed by atoms with Crippen LogP contribution in [-0.2, 0) is 9.59 Å². The average molecular weight is 444 g/mol. The lowest BCUT2D eigenvalue weighted by Gasteiger charge is -2.45. The lowest BCUT2D eigenvalue weighted by Crippen LogP contribution is -2.44. The molecule has 1 unspecified atom stereocenters. The summed E-state index contributed by atoms with van der Waals surface area (Å²) < 4.78 is 4.97. The van der Waals surface area contributed by atoms with Crippen LogP contribution in [0.3, 0.4) is 0 Å². The highest BCUT2D eigenvalue weighted by Crippen LogP contribution is 2.55. The number of hydrogen-bond donors (Lipinski definition) is 3. The van der Waals surface area contributed by atoms with Gasteiger partial charge in [0.15, 0.2) is 5.76 Å². The third-order valence-corrected chi connectivity index (χ3v) is 6.58. The Balaban J connectivity index is 1.14. The molecular formula is C26H25N3O4. The fourth-order valence-electron chi connectivity index (χ4n) is 5.16. The molecular weight excluding hydrogens is 418 g/mol. The van der Waals surface area contributed by atoms with Crippen molar-refractivity contribution in [3.63, 3.8) is 0 Å². The molecule has 2 aromatic carbocycles. The molecule has 3 aliphatic carbocycles. The molecule has 3 amide bonds. The van der Waals surface area contributed by atoms with Gasteiger partial charge in [-0.25, -0.2) is 0 Å². The van der Waals surface area contributed by atoms with Gasteiger partial charge in [-0.15, -0.1) is 0 Å². The molecule has 168 valence electrons. The van der Waals surface area contributed by atoms with Crippen LogP contribution in [0.15, 0.2) is 71.3 Å². The third kappa shape index (κ3) is 4.14. The molecule has 0 spiro atoms. The van der Waals surface area contributed by atoms with E-state index in [-0.39, 0.29) is 30.7 Å². The predicted molar refractivity (Wildman–Crippen MR) is 122 cm³/mol. The van der Waals surface area contributed by atoms with E-state index in [1.807, 2.05) is 0 Å². The molecule has 0 saturated carbocycles. The van der Waals surface area contributed by atoms with E-state index < -0.39 is 11.8 Å². The Labute approximate surface area is 191 Å². The molecule has 33 heavy (non-hydrogen) atoms. The second kappa shape index (κ2) is 8.94. The highest BCUT2D eigenvalue weighted by molar-refractivity contribution is 5.94. The van der Waals surface area contributed by atoms with Gasteiger partial charge in [0.1, 0.15) is 0 Å². The molecule has 0 radical (unpaired) electrons. The van der Waals surface area contributed by atoms with Gasteiger partial charge in [0.25, 0.3) is 5.91 Å². The van der Waals surface area contributed by atoms with Crippen molar-refractivity contribution < 1.29 is 18.8 Å². The number of furan rings is 1. The number of rotatable bonds is 7. The molecule has 0 fully saturated rings. The standard InChI is InChI=1S/C26H25N3O4/c30-23(14-28-24(31)15-29-26(32)22-10-5-11-33-22)27-13-16-12-21-17-6-1-3-8-19(17)25(16)20-9-4-2-7-18(20)21/h1-11,16,21,25H,12-15H2,(H,27,30)(H,28,31)(H,29,32). The lowest BCUT2D eigenvalue weighted by atomic mass is 9.59.